The summed E-state index contributed by atoms with van der Waals surface area (Å²) in [6.07, 6.45) is 3.99. The Labute approximate surface area is 147 Å². The van der Waals surface area contributed by atoms with Gasteiger partial charge in [0.25, 0.3) is 5.91 Å². The van der Waals surface area contributed by atoms with E-state index in [4.69, 9.17) is 0 Å². The fourth-order valence-corrected chi connectivity index (χ4v) is 3.14. The van der Waals surface area contributed by atoms with Crippen LogP contribution in [-0.2, 0) is 6.42 Å². The van der Waals surface area contributed by atoms with Crippen molar-refractivity contribution in [1.82, 2.24) is 30.5 Å². The number of hydrogen-bond acceptors (Lipinski definition) is 6. The van der Waals surface area contributed by atoms with E-state index in [2.05, 4.69) is 30.5 Å². The summed E-state index contributed by atoms with van der Waals surface area (Å²) < 4.78 is 1.00. The van der Waals surface area contributed by atoms with Crippen molar-refractivity contribution in [1.29, 1.82) is 0 Å². The number of benzene rings is 1. The number of carbonyl (C=O) groups excluding carboxylic acids is 1. The molecule has 25 heavy (non-hydrogen) atoms. The Morgan fingerprint density at radius 1 is 1.28 bits per heavy atom. The molecule has 4 rings (SSSR count). The van der Waals surface area contributed by atoms with Crippen molar-refractivity contribution < 1.29 is 4.79 Å². The summed E-state index contributed by atoms with van der Waals surface area (Å²) in [5.74, 6) is 1.21. The third-order valence-electron chi connectivity index (χ3n) is 3.69. The summed E-state index contributed by atoms with van der Waals surface area (Å²) in [6.45, 7) is 0.473. The molecule has 7 nitrogen and oxygen atoms in total. The van der Waals surface area contributed by atoms with E-state index in [9.17, 15) is 4.79 Å². The number of aromatic amines is 1. The lowest BCUT2D eigenvalue weighted by Gasteiger charge is -2.03. The first-order chi connectivity index (χ1) is 12.3. The van der Waals surface area contributed by atoms with Crippen LogP contribution in [0.1, 0.15) is 16.2 Å². The summed E-state index contributed by atoms with van der Waals surface area (Å²) in [4.78, 5) is 24.9. The molecule has 1 amide bonds. The van der Waals surface area contributed by atoms with Crippen molar-refractivity contribution in [2.75, 3.05) is 6.54 Å². The molecule has 0 spiro atoms. The molecule has 0 saturated carbocycles. The Hall–Kier alpha value is -3.13. The van der Waals surface area contributed by atoms with Gasteiger partial charge >= 0.3 is 0 Å². The minimum Gasteiger partial charge on any atom is -0.352 e. The van der Waals surface area contributed by atoms with E-state index in [0.29, 0.717) is 24.4 Å². The average molecular weight is 350 g/mol. The van der Waals surface area contributed by atoms with Gasteiger partial charge in [-0.2, -0.15) is 5.10 Å². The molecule has 124 valence electrons. The van der Waals surface area contributed by atoms with Crippen molar-refractivity contribution in [3.63, 3.8) is 0 Å². The molecular formula is C17H14N6OS. The van der Waals surface area contributed by atoms with Gasteiger partial charge in [-0.3, -0.25) is 14.9 Å². The lowest BCUT2D eigenvalue weighted by Crippen LogP contribution is -2.25. The van der Waals surface area contributed by atoms with Gasteiger partial charge < -0.3 is 5.32 Å². The molecule has 0 fully saturated rings. The summed E-state index contributed by atoms with van der Waals surface area (Å²) in [6, 6.07) is 9.24. The number of hydrogen-bond donors (Lipinski definition) is 2. The first-order valence-corrected chi connectivity index (χ1v) is 8.61. The zero-order chi connectivity index (χ0) is 17.1. The number of rotatable bonds is 5. The molecule has 2 N–H and O–H groups in total. The molecule has 1 aromatic carbocycles. The minimum atomic E-state index is -0.109. The topological polar surface area (TPSA) is 96.5 Å². The molecule has 0 atom stereocenters. The Bertz CT molecular complexity index is 1010. The summed E-state index contributed by atoms with van der Waals surface area (Å²) >= 11 is 1.52. The third-order valence-corrected chi connectivity index (χ3v) is 4.48. The molecule has 4 aromatic rings. The van der Waals surface area contributed by atoms with Crippen molar-refractivity contribution >= 4 is 27.5 Å². The number of amides is 1. The fourth-order valence-electron chi connectivity index (χ4n) is 2.42. The van der Waals surface area contributed by atoms with E-state index in [1.807, 2.05) is 24.3 Å². The molecule has 3 heterocycles. The van der Waals surface area contributed by atoms with Crippen LogP contribution in [0.2, 0.25) is 0 Å². The third kappa shape index (κ3) is 3.38. The molecule has 3 aromatic heterocycles. The van der Waals surface area contributed by atoms with Crippen LogP contribution in [0.3, 0.4) is 0 Å². The van der Waals surface area contributed by atoms with Crippen LogP contribution in [0, 0.1) is 0 Å². The highest BCUT2D eigenvalue weighted by molar-refractivity contribution is 7.16. The fraction of sp³-hybridized carbons (Fsp3) is 0.118. The predicted molar refractivity (Wildman–Crippen MR) is 95.3 cm³/mol. The maximum atomic E-state index is 12.2. The number of fused-ring (bicyclic) bond motifs is 1. The molecule has 0 radical (unpaired) electrons. The van der Waals surface area contributed by atoms with Crippen molar-refractivity contribution in [2.24, 2.45) is 0 Å². The van der Waals surface area contributed by atoms with E-state index < -0.39 is 0 Å². The maximum absolute atomic E-state index is 12.2. The van der Waals surface area contributed by atoms with E-state index in [1.165, 1.54) is 11.3 Å². The normalized spacial score (nSPS) is 10.9. The van der Waals surface area contributed by atoms with Crippen molar-refractivity contribution in [3.05, 3.63) is 59.6 Å². The highest BCUT2D eigenvalue weighted by Crippen LogP contribution is 2.19. The van der Waals surface area contributed by atoms with Gasteiger partial charge in [-0.15, -0.1) is 11.3 Å². The Balaban J connectivity index is 1.36. The van der Waals surface area contributed by atoms with Gasteiger partial charge in [0.1, 0.15) is 5.82 Å². The highest BCUT2D eigenvalue weighted by Gasteiger charge is 2.09. The molecule has 0 aliphatic carbocycles. The van der Waals surface area contributed by atoms with Gasteiger partial charge in [0.05, 0.1) is 15.7 Å². The van der Waals surface area contributed by atoms with Crippen LogP contribution < -0.4 is 5.32 Å². The van der Waals surface area contributed by atoms with Gasteiger partial charge in [-0.05, 0) is 30.3 Å². The Morgan fingerprint density at radius 3 is 3.12 bits per heavy atom. The van der Waals surface area contributed by atoms with Crippen LogP contribution in [0.25, 0.3) is 21.6 Å². The van der Waals surface area contributed by atoms with Crippen LogP contribution in [0.15, 0.2) is 48.2 Å². The number of nitrogens with one attached hydrogen (secondary N) is 2. The Kier molecular flexibility index (Phi) is 4.17. The van der Waals surface area contributed by atoms with Crippen LogP contribution in [-0.4, -0.2) is 37.6 Å². The van der Waals surface area contributed by atoms with Gasteiger partial charge in [0.2, 0.25) is 0 Å². The molecule has 0 aliphatic heterocycles. The van der Waals surface area contributed by atoms with Crippen LogP contribution in [0.4, 0.5) is 0 Å². The maximum Gasteiger partial charge on any atom is 0.251 e. The first kappa shape index (κ1) is 15.4. The standard InChI is InChI=1S/C17H14N6OS/c24-17(11-3-4-13-14(8-11)25-10-20-13)19-7-5-15-21-16(23-22-15)12-2-1-6-18-9-12/h1-4,6,8-10H,5,7H2,(H,19,24)(H,21,22,23). The quantitative estimate of drug-likeness (QED) is 0.576. The van der Waals surface area contributed by atoms with Gasteiger partial charge in [0.15, 0.2) is 5.82 Å². The number of aromatic nitrogens is 5. The van der Waals surface area contributed by atoms with E-state index in [1.54, 1.807) is 24.0 Å². The number of thiazole rings is 1. The molecule has 0 saturated heterocycles. The van der Waals surface area contributed by atoms with Crippen LogP contribution in [0.5, 0.6) is 0 Å². The van der Waals surface area contributed by atoms with E-state index in [-0.39, 0.29) is 5.91 Å². The van der Waals surface area contributed by atoms with E-state index >= 15 is 0 Å². The molecule has 0 unspecified atom stereocenters. The number of H-pyrrole nitrogens is 1. The summed E-state index contributed by atoms with van der Waals surface area (Å²) in [5.41, 5.74) is 4.17. The highest BCUT2D eigenvalue weighted by atomic mass is 32.1. The zero-order valence-electron chi connectivity index (χ0n) is 13.1. The largest absolute Gasteiger partial charge is 0.352 e. The second kappa shape index (κ2) is 6.78. The van der Waals surface area contributed by atoms with Crippen LogP contribution >= 0.6 is 11.3 Å². The second-order valence-corrected chi connectivity index (χ2v) is 6.27. The smallest absolute Gasteiger partial charge is 0.251 e. The number of pyridine rings is 1. The number of carbonyl (C=O) groups is 1. The van der Waals surface area contributed by atoms with Gasteiger partial charge in [-0.1, -0.05) is 0 Å². The lowest BCUT2D eigenvalue weighted by molar-refractivity contribution is 0.0954. The van der Waals surface area contributed by atoms with E-state index in [0.717, 1.165) is 21.6 Å². The summed E-state index contributed by atoms with van der Waals surface area (Å²) in [7, 11) is 0. The SMILES string of the molecule is O=C(NCCc1nc(-c2cccnc2)n[nH]1)c1ccc2ncsc2c1. The lowest BCUT2D eigenvalue weighted by atomic mass is 10.2. The van der Waals surface area contributed by atoms with Gasteiger partial charge in [-0.25, -0.2) is 9.97 Å². The first-order valence-electron chi connectivity index (χ1n) is 7.73. The molecular weight excluding hydrogens is 336 g/mol. The number of nitrogens with zero attached hydrogens (tertiary/aromatic N) is 4. The van der Waals surface area contributed by atoms with Crippen molar-refractivity contribution in [2.45, 2.75) is 6.42 Å². The molecule has 0 bridgehead atoms. The predicted octanol–water partition coefficient (Wildman–Crippen LogP) is 2.45. The summed E-state index contributed by atoms with van der Waals surface area (Å²) in [5, 5.41) is 9.97. The van der Waals surface area contributed by atoms with Crippen molar-refractivity contribution in [3.8, 4) is 11.4 Å². The zero-order valence-corrected chi connectivity index (χ0v) is 14.0. The monoisotopic (exact) mass is 350 g/mol. The second-order valence-electron chi connectivity index (χ2n) is 5.39. The Morgan fingerprint density at radius 2 is 2.24 bits per heavy atom. The average Bonchev–Trinajstić information content (AvgIpc) is 3.31. The minimum absolute atomic E-state index is 0.109. The molecule has 0 aliphatic rings. The van der Waals surface area contributed by atoms with Gasteiger partial charge in [0, 0.05) is 36.5 Å². The molecule has 8 heteroatoms.